The van der Waals surface area contributed by atoms with Crippen LogP contribution in [0.2, 0.25) is 5.02 Å². The highest BCUT2D eigenvalue weighted by Gasteiger charge is 2.32. The van der Waals surface area contributed by atoms with Crippen molar-refractivity contribution in [2.24, 2.45) is 0 Å². The van der Waals surface area contributed by atoms with Crippen molar-refractivity contribution in [3.8, 4) is 11.5 Å². The Morgan fingerprint density at radius 3 is 2.24 bits per heavy atom. The monoisotopic (exact) mass is 435 g/mol. The fourth-order valence-corrected chi connectivity index (χ4v) is 4.57. The van der Waals surface area contributed by atoms with E-state index in [1.807, 2.05) is 11.9 Å². The first kappa shape index (κ1) is 19.9. The summed E-state index contributed by atoms with van der Waals surface area (Å²) in [5.74, 6) is -0.0625. The van der Waals surface area contributed by atoms with Crippen LogP contribution in [-0.4, -0.2) is 51.5 Å². The van der Waals surface area contributed by atoms with Gasteiger partial charge in [-0.25, -0.2) is 12.8 Å². The molecule has 0 aliphatic carbocycles. The molecule has 1 saturated heterocycles. The van der Waals surface area contributed by atoms with Gasteiger partial charge in [0.15, 0.2) is 0 Å². The quantitative estimate of drug-likeness (QED) is 0.622. The molecule has 29 heavy (non-hydrogen) atoms. The van der Waals surface area contributed by atoms with Gasteiger partial charge in [0.1, 0.15) is 5.82 Å². The van der Waals surface area contributed by atoms with E-state index in [-0.39, 0.29) is 21.7 Å². The number of halogens is 2. The lowest BCUT2D eigenvalue weighted by atomic mass is 10.2. The topological polar surface area (TPSA) is 66.7 Å². The highest BCUT2D eigenvalue weighted by atomic mass is 35.5. The highest BCUT2D eigenvalue weighted by molar-refractivity contribution is 7.91. The van der Waals surface area contributed by atoms with Crippen LogP contribution >= 0.6 is 11.6 Å². The van der Waals surface area contributed by atoms with Gasteiger partial charge in [0.25, 0.3) is 0 Å². The van der Waals surface area contributed by atoms with Crippen LogP contribution in [0.25, 0.3) is 11.5 Å². The number of hydrogen-bond acceptors (Lipinski definition) is 6. The van der Waals surface area contributed by atoms with Crippen molar-refractivity contribution >= 4 is 27.3 Å². The normalized spacial score (nSPS) is 15.6. The van der Waals surface area contributed by atoms with Crippen LogP contribution in [0.3, 0.4) is 0 Å². The Hall–Kier alpha value is -2.42. The molecule has 0 radical (unpaired) electrons. The summed E-state index contributed by atoms with van der Waals surface area (Å²) in [6.45, 7) is 2.76. The molecule has 3 aromatic rings. The fraction of sp³-hybridized carbons (Fsp3) is 0.250. The van der Waals surface area contributed by atoms with Crippen LogP contribution < -0.4 is 4.90 Å². The van der Waals surface area contributed by atoms with Crippen molar-refractivity contribution < 1.29 is 17.2 Å². The number of likely N-dealkylation sites (N-methyl/N-ethyl adjacent to an activating group) is 1. The van der Waals surface area contributed by atoms with Gasteiger partial charge in [0, 0.05) is 36.8 Å². The number of anilines is 1. The molecule has 152 valence electrons. The number of aromatic nitrogens is 1. The molecule has 0 bridgehead atoms. The van der Waals surface area contributed by atoms with Crippen LogP contribution in [0.15, 0.2) is 62.9 Å². The summed E-state index contributed by atoms with van der Waals surface area (Å²) in [4.78, 5) is 8.42. The molecular weight excluding hydrogens is 417 g/mol. The number of benzene rings is 2. The molecule has 9 heteroatoms. The van der Waals surface area contributed by atoms with Gasteiger partial charge in [-0.3, -0.25) is 0 Å². The average molecular weight is 436 g/mol. The molecule has 4 rings (SSSR count). The van der Waals surface area contributed by atoms with E-state index in [9.17, 15) is 12.8 Å². The highest BCUT2D eigenvalue weighted by Crippen LogP contribution is 2.35. The molecular formula is C20H19ClFN3O3S. The fourth-order valence-electron chi connectivity index (χ4n) is 3.12. The van der Waals surface area contributed by atoms with Crippen LogP contribution in [0.1, 0.15) is 0 Å². The summed E-state index contributed by atoms with van der Waals surface area (Å²) in [6.07, 6.45) is 0. The second-order valence-electron chi connectivity index (χ2n) is 6.88. The van der Waals surface area contributed by atoms with Crippen molar-refractivity contribution in [1.29, 1.82) is 0 Å². The van der Waals surface area contributed by atoms with Crippen molar-refractivity contribution in [3.63, 3.8) is 0 Å². The zero-order valence-corrected chi connectivity index (χ0v) is 17.3. The Morgan fingerprint density at radius 1 is 1.00 bits per heavy atom. The molecule has 6 nitrogen and oxygen atoms in total. The molecule has 2 heterocycles. The standard InChI is InChI=1S/C20H19ClFN3O3S/c1-24-10-12-25(13-11-24)20-19(29(26,27)17-8-4-15(21)5-9-17)23-18(28-20)14-2-6-16(22)7-3-14/h2-9H,10-13H2,1H3. The summed E-state index contributed by atoms with van der Waals surface area (Å²) in [5.41, 5.74) is 0.499. The lowest BCUT2D eigenvalue weighted by Gasteiger charge is -2.32. The van der Waals surface area contributed by atoms with E-state index in [1.54, 1.807) is 0 Å². The second kappa shape index (κ2) is 7.78. The van der Waals surface area contributed by atoms with Gasteiger partial charge in [-0.1, -0.05) is 11.6 Å². The second-order valence-corrected chi connectivity index (χ2v) is 9.19. The zero-order valence-electron chi connectivity index (χ0n) is 15.7. The van der Waals surface area contributed by atoms with E-state index >= 15 is 0 Å². The Morgan fingerprint density at radius 2 is 1.62 bits per heavy atom. The van der Waals surface area contributed by atoms with Crippen molar-refractivity contribution in [3.05, 3.63) is 59.4 Å². The van der Waals surface area contributed by atoms with Crippen LogP contribution in [0, 0.1) is 5.82 Å². The molecule has 1 aliphatic heterocycles. The third-order valence-electron chi connectivity index (χ3n) is 4.84. The average Bonchev–Trinajstić information content (AvgIpc) is 3.16. The van der Waals surface area contributed by atoms with E-state index in [0.717, 1.165) is 13.1 Å². The van der Waals surface area contributed by atoms with E-state index in [0.29, 0.717) is 23.7 Å². The third-order valence-corrected chi connectivity index (χ3v) is 6.76. The first-order valence-corrected chi connectivity index (χ1v) is 10.9. The van der Waals surface area contributed by atoms with Crippen molar-refractivity contribution in [2.45, 2.75) is 9.92 Å². The van der Waals surface area contributed by atoms with Gasteiger partial charge in [-0.2, -0.15) is 4.98 Å². The molecule has 1 fully saturated rings. The minimum absolute atomic E-state index is 0.0798. The van der Waals surface area contributed by atoms with Gasteiger partial charge >= 0.3 is 0 Å². The van der Waals surface area contributed by atoms with E-state index in [1.165, 1.54) is 48.5 Å². The van der Waals surface area contributed by atoms with Crippen LogP contribution in [0.5, 0.6) is 0 Å². The van der Waals surface area contributed by atoms with Gasteiger partial charge < -0.3 is 14.2 Å². The molecule has 0 saturated carbocycles. The number of rotatable bonds is 4. The first-order valence-electron chi connectivity index (χ1n) is 9.05. The Bertz CT molecular complexity index is 1110. The van der Waals surface area contributed by atoms with Crippen molar-refractivity contribution in [2.75, 3.05) is 38.1 Å². The molecule has 0 atom stereocenters. The number of oxazole rings is 1. The van der Waals surface area contributed by atoms with E-state index in [4.69, 9.17) is 16.0 Å². The predicted molar refractivity (Wildman–Crippen MR) is 109 cm³/mol. The first-order chi connectivity index (χ1) is 13.8. The number of hydrogen-bond donors (Lipinski definition) is 0. The lowest BCUT2D eigenvalue weighted by molar-refractivity contribution is 0.305. The molecule has 1 aliphatic rings. The summed E-state index contributed by atoms with van der Waals surface area (Å²) < 4.78 is 45.8. The lowest BCUT2D eigenvalue weighted by Crippen LogP contribution is -2.44. The molecule has 0 N–H and O–H groups in total. The van der Waals surface area contributed by atoms with Crippen LogP contribution in [-0.2, 0) is 9.84 Å². The number of piperazine rings is 1. The maximum Gasteiger partial charge on any atom is 0.236 e. The smallest absolute Gasteiger partial charge is 0.236 e. The maximum atomic E-state index is 13.3. The summed E-state index contributed by atoms with van der Waals surface area (Å²) >= 11 is 5.90. The summed E-state index contributed by atoms with van der Waals surface area (Å²) in [6, 6.07) is 11.5. The van der Waals surface area contributed by atoms with Crippen molar-refractivity contribution in [1.82, 2.24) is 9.88 Å². The van der Waals surface area contributed by atoms with Gasteiger partial charge in [-0.05, 0) is 55.6 Å². The molecule has 0 unspecified atom stereocenters. The largest absolute Gasteiger partial charge is 0.419 e. The summed E-state index contributed by atoms with van der Waals surface area (Å²) in [5, 5.41) is 0.291. The Balaban J connectivity index is 1.82. The minimum Gasteiger partial charge on any atom is -0.419 e. The molecule has 0 spiro atoms. The number of sulfone groups is 1. The molecule has 2 aromatic carbocycles. The molecule has 1 aromatic heterocycles. The minimum atomic E-state index is -3.94. The van der Waals surface area contributed by atoms with E-state index in [2.05, 4.69) is 9.88 Å². The predicted octanol–water partition coefficient (Wildman–Crippen LogP) is 3.72. The Kier molecular flexibility index (Phi) is 5.33. The van der Waals surface area contributed by atoms with Crippen LogP contribution in [0.4, 0.5) is 10.3 Å². The molecule has 0 amide bonds. The summed E-state index contributed by atoms with van der Waals surface area (Å²) in [7, 11) is -1.93. The van der Waals surface area contributed by atoms with E-state index < -0.39 is 15.7 Å². The third kappa shape index (κ3) is 4.01. The maximum absolute atomic E-state index is 13.3. The SMILES string of the molecule is CN1CCN(c2oc(-c3ccc(F)cc3)nc2S(=O)(=O)c2ccc(Cl)cc2)CC1. The zero-order chi connectivity index (χ0) is 20.6. The van der Waals surface area contributed by atoms with Gasteiger partial charge in [0.2, 0.25) is 26.6 Å². The van der Waals surface area contributed by atoms with Gasteiger partial charge in [0.05, 0.1) is 4.90 Å². The van der Waals surface area contributed by atoms with Gasteiger partial charge in [-0.15, -0.1) is 0 Å². The number of nitrogens with zero attached hydrogens (tertiary/aromatic N) is 3. The Labute approximate surface area is 173 Å².